The molecule has 0 saturated carbocycles. The fraction of sp³-hybridized carbons (Fsp3) is 0.297. The summed E-state index contributed by atoms with van der Waals surface area (Å²) in [6, 6.07) is 62.3. The van der Waals surface area contributed by atoms with E-state index in [4.69, 9.17) is 58.0 Å². The Hall–Kier alpha value is -11.4. The summed E-state index contributed by atoms with van der Waals surface area (Å²) in [5.41, 5.74) is 5.56. The SMILES string of the molecule is Cc1cc(CN2C[C@@H](c3cccc(C(F)(F)F)c3)N(C[C@@H](O)C(F)(F)F)c3ccccc32)cc(Cl)n1.Cc1ccccc1CN1C[C@@H](c2cccc(C(F)(F)F)c2)N(C[C@@H](O)C(F)(F)F)c2ccccc21.O[C@H](CN1c2ccccc2N(Cc2c(Cl)cccc2Cl)C[C@H]1c1cccc(C(F)(F)F)c1)C(F)(F)F.O[C@H](CN1c2ccccc2N(Cc2cccc(Cl)c2Cl)C[C@H]1c1cccc(C(F)(F)F)c1)C(F)(F)F. The van der Waals surface area contributed by atoms with Crippen molar-refractivity contribution in [3.8, 4) is 0 Å². The number of β-amino-alcohol motifs (C(OH)–C–C–N with tert-alkyl or cyclic N) is 4. The highest BCUT2D eigenvalue weighted by Crippen LogP contribution is 2.51. The smallest absolute Gasteiger partial charge is 0.382 e. The molecule has 0 amide bonds. The molecular formula is C101H86Cl5F24N9O4. The third-order valence-electron chi connectivity index (χ3n) is 24.4. The van der Waals surface area contributed by atoms with Crippen molar-refractivity contribution >= 4 is 104 Å². The molecule has 0 fully saturated rings. The van der Waals surface area contributed by atoms with Crippen LogP contribution in [0.5, 0.6) is 0 Å². The van der Waals surface area contributed by atoms with E-state index >= 15 is 0 Å². The van der Waals surface area contributed by atoms with Crippen molar-refractivity contribution in [2.75, 3.05) is 91.6 Å². The Morgan fingerprint density at radius 3 is 0.846 bits per heavy atom. The first-order chi connectivity index (χ1) is 67.0. The fourth-order valence-electron chi connectivity index (χ4n) is 17.4. The van der Waals surface area contributed by atoms with Crippen LogP contribution in [0.4, 0.5) is 151 Å². The van der Waals surface area contributed by atoms with Crippen LogP contribution in [0.3, 0.4) is 0 Å². The van der Waals surface area contributed by atoms with Crippen molar-refractivity contribution in [2.45, 2.75) is 138 Å². The molecule has 143 heavy (non-hydrogen) atoms. The molecule has 4 aliphatic heterocycles. The van der Waals surface area contributed by atoms with Crippen LogP contribution in [0.15, 0.2) is 267 Å². The predicted octanol–water partition coefficient (Wildman–Crippen LogP) is 28.1. The van der Waals surface area contributed by atoms with E-state index in [1.807, 2.05) is 56.9 Å². The number of hydrogen-bond donors (Lipinski definition) is 4. The molecule has 1 aromatic heterocycles. The lowest BCUT2D eigenvalue weighted by molar-refractivity contribution is -0.200. The molecule has 0 radical (unpaired) electrons. The van der Waals surface area contributed by atoms with E-state index < -0.39 is 146 Å². The molecule has 11 aromatic carbocycles. The van der Waals surface area contributed by atoms with Gasteiger partial charge in [-0.1, -0.05) is 198 Å². The number of halogens is 29. The zero-order valence-corrected chi connectivity index (χ0v) is 78.6. The van der Waals surface area contributed by atoms with Gasteiger partial charge in [0.15, 0.2) is 24.4 Å². The average Bonchev–Trinajstić information content (AvgIpc) is 0.769. The molecule has 0 aliphatic carbocycles. The highest BCUT2D eigenvalue weighted by Gasteiger charge is 2.49. The summed E-state index contributed by atoms with van der Waals surface area (Å²) in [6.45, 7) is 1.72. The molecule has 16 rings (SSSR count). The lowest BCUT2D eigenvalue weighted by Crippen LogP contribution is -2.49. The topological polar surface area (TPSA) is 120 Å². The molecular weight excluding hydrogens is 2040 g/mol. The van der Waals surface area contributed by atoms with E-state index in [0.717, 1.165) is 65.2 Å². The van der Waals surface area contributed by atoms with Gasteiger partial charge in [0.25, 0.3) is 0 Å². The summed E-state index contributed by atoms with van der Waals surface area (Å²) >= 11 is 31.3. The number of aromatic nitrogens is 1. The number of aliphatic hydroxyl groups is 4. The maximum absolute atomic E-state index is 13.4. The summed E-state index contributed by atoms with van der Waals surface area (Å²) in [5, 5.41) is 41.2. The van der Waals surface area contributed by atoms with Gasteiger partial charge in [-0.2, -0.15) is 105 Å². The number of hydrogen-bond acceptors (Lipinski definition) is 13. The first-order valence-electron chi connectivity index (χ1n) is 43.6. The summed E-state index contributed by atoms with van der Waals surface area (Å²) < 4.78 is 321. The Balaban J connectivity index is 0.000000160. The van der Waals surface area contributed by atoms with Crippen LogP contribution < -0.4 is 39.2 Å². The Kier molecular flexibility index (Phi) is 33.7. The first-order valence-corrected chi connectivity index (χ1v) is 45.5. The van der Waals surface area contributed by atoms with Crippen LogP contribution in [-0.4, -0.2) is 127 Å². The predicted molar refractivity (Wildman–Crippen MR) is 502 cm³/mol. The minimum absolute atomic E-state index is 0.0183. The van der Waals surface area contributed by atoms with Crippen molar-refractivity contribution < 1.29 is 126 Å². The Labute approximate surface area is 829 Å². The van der Waals surface area contributed by atoms with E-state index in [1.54, 1.807) is 146 Å². The van der Waals surface area contributed by atoms with Gasteiger partial charge >= 0.3 is 49.4 Å². The first kappa shape index (κ1) is 109. The summed E-state index contributed by atoms with van der Waals surface area (Å²) in [5.74, 6) is 0. The maximum Gasteiger partial charge on any atom is 0.416 e. The van der Waals surface area contributed by atoms with Crippen LogP contribution in [0.25, 0.3) is 0 Å². The number of fused-ring (bicyclic) bond motifs is 4. The second kappa shape index (κ2) is 44.3. The van der Waals surface area contributed by atoms with Gasteiger partial charge in [-0.25, -0.2) is 4.98 Å². The van der Waals surface area contributed by atoms with Crippen LogP contribution in [0.2, 0.25) is 25.2 Å². The molecule has 4 aliphatic rings. The highest BCUT2D eigenvalue weighted by atomic mass is 35.5. The number of para-hydroxylation sites is 8. The molecule has 0 bridgehead atoms. The third-order valence-corrected chi connectivity index (χ3v) is 26.1. The molecule has 5 heterocycles. The van der Waals surface area contributed by atoms with Gasteiger partial charge in [0.2, 0.25) is 0 Å². The third kappa shape index (κ3) is 26.8. The van der Waals surface area contributed by atoms with Gasteiger partial charge in [0.1, 0.15) is 5.15 Å². The van der Waals surface area contributed by atoms with Gasteiger partial charge in [-0.15, -0.1) is 0 Å². The Morgan fingerprint density at radius 2 is 0.545 bits per heavy atom. The fourth-order valence-corrected chi connectivity index (χ4v) is 18.6. The Morgan fingerprint density at radius 1 is 0.287 bits per heavy atom. The number of rotatable bonds is 20. The minimum Gasteiger partial charge on any atom is -0.382 e. The quantitative estimate of drug-likeness (QED) is 0.0429. The van der Waals surface area contributed by atoms with E-state index in [1.165, 1.54) is 68.1 Å². The minimum atomic E-state index is -4.91. The van der Waals surface area contributed by atoms with Crippen molar-refractivity contribution in [3.63, 3.8) is 0 Å². The second-order valence-corrected chi connectivity index (χ2v) is 36.1. The number of benzene rings is 11. The van der Waals surface area contributed by atoms with Gasteiger partial charge in [0.05, 0.1) is 128 Å². The normalized spacial score (nSPS) is 17.2. The van der Waals surface area contributed by atoms with E-state index in [-0.39, 0.29) is 66.7 Å². The number of pyridine rings is 1. The van der Waals surface area contributed by atoms with Crippen LogP contribution >= 0.6 is 58.0 Å². The van der Waals surface area contributed by atoms with E-state index in [9.17, 15) is 126 Å². The van der Waals surface area contributed by atoms with E-state index in [0.29, 0.717) is 95.5 Å². The van der Waals surface area contributed by atoms with Gasteiger partial charge in [0, 0.05) is 73.7 Å². The summed E-state index contributed by atoms with van der Waals surface area (Å²) in [4.78, 5) is 16.9. The highest BCUT2D eigenvalue weighted by molar-refractivity contribution is 6.42. The lowest BCUT2D eigenvalue weighted by Gasteiger charge is -2.46. The van der Waals surface area contributed by atoms with Gasteiger partial charge in [-0.05, 0) is 186 Å². The number of anilines is 8. The largest absolute Gasteiger partial charge is 0.416 e. The number of aliphatic hydroxyl groups excluding tert-OH is 4. The van der Waals surface area contributed by atoms with Crippen LogP contribution in [-0.2, 0) is 50.9 Å². The molecule has 0 spiro atoms. The van der Waals surface area contributed by atoms with Crippen molar-refractivity contribution in [1.82, 2.24) is 4.98 Å². The van der Waals surface area contributed by atoms with Crippen LogP contribution in [0, 0.1) is 13.8 Å². The Bertz CT molecular complexity index is 6350. The van der Waals surface area contributed by atoms with Crippen molar-refractivity contribution in [3.05, 3.63) is 370 Å². The lowest BCUT2D eigenvalue weighted by atomic mass is 9.96. The van der Waals surface area contributed by atoms with Crippen molar-refractivity contribution in [2.24, 2.45) is 0 Å². The molecule has 4 N–H and O–H groups in total. The number of alkyl halides is 24. The van der Waals surface area contributed by atoms with E-state index in [2.05, 4.69) is 4.98 Å². The standard InChI is InChI=1S/C26H24F6N2O.2C25H20Cl2F6N2O.C25H22ClF6N3O/c1-17-7-2-3-8-19(17)14-33-15-23(18-9-6-10-20(13-18)25(27,28)29)34(16-24(35)26(30,31)32)22-12-5-4-11-21(22)33;26-18-8-4-6-16(23(18)27)12-34-13-21(15-5-3-7-17(11-15)24(28,29)30)35(14-22(36)25(31,32)33)20-10-2-1-9-19(20)34;26-18-7-4-8-19(27)17(18)12-34-13-22(15-5-3-6-16(11-15)24(28,29)30)35(14-23(36)25(31,32)33)21-10-2-1-9-20(21)34;1-15-9-16(10-23(26)33-15)12-34-13-21(17-5-4-6-18(11-17)24(27,28)29)35(14-22(36)25(30,31)32)20-8-3-2-7-19(20)34/h2-13,23-24,35H,14-16H2,1H3;1-11,21-22,36H,12-14H2;1-11,22-23,36H,12-14H2;2-11,21-22,36H,12-14H2,1H3/t23-,24+;21-,22+;22-,23+;21-,22+/m0000/s1. The van der Waals surface area contributed by atoms with Crippen LogP contribution in [0.1, 0.15) is 102 Å². The molecule has 42 heteroatoms. The summed E-state index contributed by atoms with van der Waals surface area (Å²) in [7, 11) is 0. The maximum atomic E-state index is 13.4. The number of aryl methyl sites for hydroxylation is 2. The monoisotopic (exact) mass is 2120 g/mol. The molecule has 13 nitrogen and oxygen atoms in total. The van der Waals surface area contributed by atoms with Gasteiger partial charge < -0.3 is 59.6 Å². The summed E-state index contributed by atoms with van der Waals surface area (Å²) in [6.07, 6.45) is -48.8. The average molecular weight is 2120 g/mol. The van der Waals surface area contributed by atoms with Crippen molar-refractivity contribution in [1.29, 1.82) is 0 Å². The molecule has 0 unspecified atom stereocenters. The molecule has 762 valence electrons. The molecule has 12 aromatic rings. The zero-order valence-electron chi connectivity index (χ0n) is 74.8. The molecule has 0 saturated heterocycles. The van der Waals surface area contributed by atoms with Gasteiger partial charge in [-0.3, -0.25) is 0 Å². The molecule has 8 atom stereocenters. The zero-order chi connectivity index (χ0) is 104. The second-order valence-electron chi connectivity index (χ2n) is 34.2. The number of nitrogens with zero attached hydrogens (tertiary/aromatic N) is 9.